The fourth-order valence-electron chi connectivity index (χ4n) is 5.01. The van der Waals surface area contributed by atoms with Crippen molar-refractivity contribution < 1.29 is 19.2 Å². The molecule has 0 spiro atoms. The van der Waals surface area contributed by atoms with E-state index in [-0.39, 0.29) is 23.6 Å². The summed E-state index contributed by atoms with van der Waals surface area (Å²) in [5.41, 5.74) is 2.10. The van der Waals surface area contributed by atoms with Crippen LogP contribution >= 0.6 is 45.3 Å². The van der Waals surface area contributed by atoms with Crippen LogP contribution in [0.25, 0.3) is 39.7 Å². The molecule has 0 fully saturated rings. The van der Waals surface area contributed by atoms with Crippen molar-refractivity contribution in [1.82, 2.24) is 9.80 Å². The topological polar surface area (TPSA) is 74.8 Å². The Hall–Kier alpha value is -3.18. The van der Waals surface area contributed by atoms with Crippen LogP contribution in [0.1, 0.15) is 51.2 Å². The first-order chi connectivity index (χ1) is 17.2. The van der Waals surface area contributed by atoms with E-state index in [4.69, 9.17) is 0 Å². The molecular weight excluding hydrogens is 533 g/mol. The molecule has 0 saturated carbocycles. The minimum absolute atomic E-state index is 0.231. The standard InChI is InChI=1S/C26H16N2O4S4/c1-9-17-19(25(31)27(3)23(17)29)21(33-9)15-7-11-5-14-12(6-13(11)35-15)8-16(36-14)22-20-18(10(2)34-22)24(30)28(4)26(20)32/h5-8H,1-4H3. The first-order valence-corrected chi connectivity index (χ1v) is 14.3. The lowest BCUT2D eigenvalue weighted by molar-refractivity contribution is 0.0677. The van der Waals surface area contributed by atoms with Gasteiger partial charge < -0.3 is 0 Å². The smallest absolute Gasteiger partial charge is 0.262 e. The van der Waals surface area contributed by atoms with Crippen LogP contribution in [-0.4, -0.2) is 47.5 Å². The van der Waals surface area contributed by atoms with Crippen molar-refractivity contribution in [1.29, 1.82) is 0 Å². The average molecular weight is 549 g/mol. The number of carbonyl (C=O) groups excluding carboxylic acids is 4. The van der Waals surface area contributed by atoms with Gasteiger partial charge in [0, 0.05) is 43.0 Å². The predicted molar refractivity (Wildman–Crippen MR) is 146 cm³/mol. The molecule has 178 valence electrons. The zero-order chi connectivity index (χ0) is 25.2. The molecule has 0 N–H and O–H groups in total. The Kier molecular flexibility index (Phi) is 4.41. The van der Waals surface area contributed by atoms with Gasteiger partial charge >= 0.3 is 0 Å². The summed E-state index contributed by atoms with van der Waals surface area (Å²) < 4.78 is 2.18. The predicted octanol–water partition coefficient (Wildman–Crippen LogP) is 6.64. The van der Waals surface area contributed by atoms with Gasteiger partial charge in [-0.15, -0.1) is 45.3 Å². The highest BCUT2D eigenvalue weighted by Crippen LogP contribution is 2.48. The van der Waals surface area contributed by atoms with Crippen molar-refractivity contribution in [2.45, 2.75) is 13.8 Å². The number of hydrogen-bond donors (Lipinski definition) is 0. The molecule has 7 rings (SSSR count). The molecule has 2 aliphatic heterocycles. The Morgan fingerprint density at radius 2 is 0.889 bits per heavy atom. The molecule has 36 heavy (non-hydrogen) atoms. The summed E-state index contributed by atoms with van der Waals surface area (Å²) in [6, 6.07) is 8.45. The summed E-state index contributed by atoms with van der Waals surface area (Å²) in [4.78, 5) is 58.4. The fourth-order valence-corrected chi connectivity index (χ4v) is 9.69. The zero-order valence-corrected chi connectivity index (χ0v) is 22.7. The fraction of sp³-hybridized carbons (Fsp3) is 0.154. The largest absolute Gasteiger partial charge is 0.277 e. The lowest BCUT2D eigenvalue weighted by Crippen LogP contribution is -2.24. The van der Waals surface area contributed by atoms with Crippen LogP contribution < -0.4 is 0 Å². The molecule has 0 atom stereocenters. The molecule has 0 radical (unpaired) electrons. The van der Waals surface area contributed by atoms with Gasteiger partial charge in [-0.3, -0.25) is 29.0 Å². The van der Waals surface area contributed by atoms with Crippen molar-refractivity contribution >= 4 is 89.1 Å². The van der Waals surface area contributed by atoms with Gasteiger partial charge in [0.05, 0.1) is 32.0 Å². The van der Waals surface area contributed by atoms with Gasteiger partial charge in [-0.1, -0.05) is 0 Å². The van der Waals surface area contributed by atoms with Crippen LogP contribution in [-0.2, 0) is 0 Å². The highest BCUT2D eigenvalue weighted by molar-refractivity contribution is 7.28. The van der Waals surface area contributed by atoms with E-state index in [0.717, 1.165) is 49.4 Å². The van der Waals surface area contributed by atoms with Crippen molar-refractivity contribution in [2.75, 3.05) is 14.1 Å². The third kappa shape index (κ3) is 2.70. The van der Waals surface area contributed by atoms with E-state index < -0.39 is 0 Å². The van der Waals surface area contributed by atoms with E-state index in [9.17, 15) is 19.2 Å². The number of thiophene rings is 4. The SMILES string of the molecule is Cc1sc(-c2cc3cc4sc(-c5sc(C)c6c5C(=O)N(C)C6=O)cc4cc3s2)c2c1C(=O)N(C)C2=O. The van der Waals surface area contributed by atoms with Crippen LogP contribution in [0.4, 0.5) is 0 Å². The highest BCUT2D eigenvalue weighted by Gasteiger charge is 2.40. The molecule has 4 aromatic heterocycles. The monoisotopic (exact) mass is 548 g/mol. The molecule has 4 amide bonds. The summed E-state index contributed by atoms with van der Waals surface area (Å²) in [6.07, 6.45) is 0. The van der Waals surface area contributed by atoms with Crippen LogP contribution in [0.3, 0.4) is 0 Å². The maximum atomic E-state index is 12.8. The van der Waals surface area contributed by atoms with Crippen LogP contribution in [0.15, 0.2) is 24.3 Å². The Labute approximate surface area is 221 Å². The quantitative estimate of drug-likeness (QED) is 0.232. The molecule has 0 aliphatic carbocycles. The van der Waals surface area contributed by atoms with Crippen LogP contribution in [0, 0.1) is 13.8 Å². The Bertz CT molecular complexity index is 1700. The molecular formula is C26H16N2O4S4. The second-order valence-electron chi connectivity index (χ2n) is 8.96. The van der Waals surface area contributed by atoms with Gasteiger partial charge in [0.1, 0.15) is 0 Å². The minimum atomic E-state index is -0.241. The summed E-state index contributed by atoms with van der Waals surface area (Å²) in [5.74, 6) is -0.943. The molecule has 6 heterocycles. The Morgan fingerprint density at radius 1 is 0.528 bits per heavy atom. The van der Waals surface area contributed by atoms with Gasteiger partial charge in [0.2, 0.25) is 0 Å². The zero-order valence-electron chi connectivity index (χ0n) is 19.5. The van der Waals surface area contributed by atoms with E-state index in [0.29, 0.717) is 22.3 Å². The summed E-state index contributed by atoms with van der Waals surface area (Å²) in [6.45, 7) is 3.78. The van der Waals surface area contributed by atoms with Crippen molar-refractivity contribution in [3.63, 3.8) is 0 Å². The van der Waals surface area contributed by atoms with Crippen molar-refractivity contribution in [2.24, 2.45) is 0 Å². The summed E-state index contributed by atoms with van der Waals surface area (Å²) >= 11 is 6.21. The van der Waals surface area contributed by atoms with E-state index in [1.165, 1.54) is 46.6 Å². The molecule has 10 heteroatoms. The number of nitrogens with zero attached hydrogens (tertiary/aromatic N) is 2. The molecule has 0 bridgehead atoms. The van der Waals surface area contributed by atoms with Gasteiger partial charge in [0.25, 0.3) is 23.6 Å². The lowest BCUT2D eigenvalue weighted by Gasteiger charge is -2.05. The number of amides is 4. The average Bonchev–Trinajstić information content (AvgIpc) is 3.65. The number of imide groups is 2. The molecule has 0 saturated heterocycles. The highest BCUT2D eigenvalue weighted by atomic mass is 32.1. The molecule has 2 aliphatic rings. The first-order valence-electron chi connectivity index (χ1n) is 11.0. The van der Waals surface area contributed by atoms with Gasteiger partial charge in [-0.25, -0.2) is 0 Å². The second kappa shape index (κ2) is 7.19. The molecule has 5 aromatic rings. The number of benzene rings is 1. The normalized spacial score (nSPS) is 15.3. The van der Waals surface area contributed by atoms with Gasteiger partial charge in [-0.2, -0.15) is 0 Å². The Morgan fingerprint density at radius 3 is 1.28 bits per heavy atom. The summed E-state index contributed by atoms with van der Waals surface area (Å²) in [7, 11) is 3.06. The number of fused-ring (bicyclic) bond motifs is 4. The van der Waals surface area contributed by atoms with E-state index in [1.54, 1.807) is 22.7 Å². The third-order valence-electron chi connectivity index (χ3n) is 6.85. The number of rotatable bonds is 2. The third-order valence-corrected chi connectivity index (χ3v) is 11.6. The number of carbonyl (C=O) groups is 4. The Balaban J connectivity index is 1.35. The second-order valence-corrected chi connectivity index (χ2v) is 13.6. The summed E-state index contributed by atoms with van der Waals surface area (Å²) in [5, 5.41) is 2.14. The van der Waals surface area contributed by atoms with Crippen molar-refractivity contribution in [3.8, 4) is 19.5 Å². The van der Waals surface area contributed by atoms with Gasteiger partial charge in [0.15, 0.2) is 0 Å². The first kappa shape index (κ1) is 22.1. The maximum absolute atomic E-state index is 12.8. The molecule has 0 unspecified atom stereocenters. The van der Waals surface area contributed by atoms with E-state index in [1.807, 2.05) is 13.8 Å². The van der Waals surface area contributed by atoms with Crippen LogP contribution in [0.5, 0.6) is 0 Å². The lowest BCUT2D eigenvalue weighted by atomic mass is 10.1. The van der Waals surface area contributed by atoms with E-state index in [2.05, 4.69) is 24.3 Å². The number of hydrogen-bond acceptors (Lipinski definition) is 8. The number of aryl methyl sites for hydroxylation is 2. The molecule has 6 nitrogen and oxygen atoms in total. The van der Waals surface area contributed by atoms with Crippen molar-refractivity contribution in [3.05, 3.63) is 56.3 Å². The minimum Gasteiger partial charge on any atom is -0.277 e. The van der Waals surface area contributed by atoms with E-state index >= 15 is 0 Å². The van der Waals surface area contributed by atoms with Crippen LogP contribution in [0.2, 0.25) is 0 Å². The van der Waals surface area contributed by atoms with Gasteiger partial charge in [-0.05, 0) is 48.9 Å². The maximum Gasteiger partial charge on any atom is 0.262 e. The molecule has 1 aromatic carbocycles.